The molecular weight excluding hydrogens is 438 g/mol. The van der Waals surface area contributed by atoms with Crippen molar-refractivity contribution in [3.63, 3.8) is 0 Å². The number of para-hydroxylation sites is 3. The second kappa shape index (κ2) is 10.7. The minimum Gasteiger partial charge on any atom is -0.497 e. The number of methoxy groups -OCH3 is 3. The van der Waals surface area contributed by atoms with E-state index in [1.54, 1.807) is 39.5 Å². The average molecular weight is 466 g/mol. The molecule has 0 bridgehead atoms. The van der Waals surface area contributed by atoms with E-state index in [-0.39, 0.29) is 19.1 Å². The molecule has 178 valence electrons. The zero-order chi connectivity index (χ0) is 23.9. The Morgan fingerprint density at radius 1 is 0.824 bits per heavy atom. The lowest BCUT2D eigenvalue weighted by atomic mass is 10.0. The normalized spacial score (nSPS) is 16.3. The SMILES string of the molecule is COc1ccc([C@H]2Oc3ccccc3O[C@@H]2C(=O)NCCOc2c(OC)cccc2OC)cc1. The van der Waals surface area contributed by atoms with Crippen LogP contribution in [0.1, 0.15) is 11.7 Å². The molecule has 34 heavy (non-hydrogen) atoms. The van der Waals surface area contributed by atoms with Crippen molar-refractivity contribution in [2.45, 2.75) is 12.2 Å². The van der Waals surface area contributed by atoms with E-state index in [0.29, 0.717) is 34.5 Å². The number of carbonyl (C=O) groups excluding carboxylic acids is 1. The van der Waals surface area contributed by atoms with Crippen molar-refractivity contribution in [3.8, 4) is 34.5 Å². The minimum atomic E-state index is -0.885. The van der Waals surface area contributed by atoms with Gasteiger partial charge in [0.05, 0.1) is 27.9 Å². The maximum absolute atomic E-state index is 13.1. The highest BCUT2D eigenvalue weighted by molar-refractivity contribution is 5.82. The molecule has 4 rings (SSSR count). The molecule has 1 amide bonds. The van der Waals surface area contributed by atoms with Crippen molar-refractivity contribution in [2.24, 2.45) is 0 Å². The molecule has 8 heteroatoms. The quantitative estimate of drug-likeness (QED) is 0.482. The van der Waals surface area contributed by atoms with Crippen LogP contribution in [-0.4, -0.2) is 46.5 Å². The molecule has 0 saturated carbocycles. The Bertz CT molecular complexity index is 1090. The van der Waals surface area contributed by atoms with Gasteiger partial charge in [-0.2, -0.15) is 0 Å². The Hall–Kier alpha value is -4.07. The van der Waals surface area contributed by atoms with Crippen LogP contribution in [0.5, 0.6) is 34.5 Å². The highest BCUT2D eigenvalue weighted by atomic mass is 16.6. The third-order valence-corrected chi connectivity index (χ3v) is 5.37. The molecule has 1 N–H and O–H groups in total. The van der Waals surface area contributed by atoms with E-state index in [1.807, 2.05) is 48.5 Å². The largest absolute Gasteiger partial charge is 0.497 e. The van der Waals surface area contributed by atoms with Gasteiger partial charge in [-0.1, -0.05) is 30.3 Å². The van der Waals surface area contributed by atoms with Crippen molar-refractivity contribution in [2.75, 3.05) is 34.5 Å². The van der Waals surface area contributed by atoms with E-state index in [0.717, 1.165) is 5.56 Å². The van der Waals surface area contributed by atoms with E-state index in [1.165, 1.54) is 0 Å². The summed E-state index contributed by atoms with van der Waals surface area (Å²) in [5.41, 5.74) is 0.797. The van der Waals surface area contributed by atoms with Crippen LogP contribution in [0.15, 0.2) is 66.7 Å². The Balaban J connectivity index is 1.45. The Kier molecular flexibility index (Phi) is 7.27. The van der Waals surface area contributed by atoms with Crippen molar-refractivity contribution < 1.29 is 33.2 Å². The standard InChI is InChI=1S/C26H27NO7/c1-29-18-13-11-17(12-14-18)23-25(34-20-8-5-4-7-19(20)33-23)26(28)27-15-16-32-24-21(30-2)9-6-10-22(24)31-3/h4-14,23,25H,15-16H2,1-3H3,(H,27,28)/t23-,25+/m1/s1. The van der Waals surface area contributed by atoms with Gasteiger partial charge in [0.1, 0.15) is 12.4 Å². The van der Waals surface area contributed by atoms with E-state index < -0.39 is 12.2 Å². The zero-order valence-electron chi connectivity index (χ0n) is 19.3. The van der Waals surface area contributed by atoms with E-state index in [4.69, 9.17) is 28.4 Å². The number of amides is 1. The van der Waals surface area contributed by atoms with Gasteiger partial charge < -0.3 is 33.7 Å². The lowest BCUT2D eigenvalue weighted by Gasteiger charge is -2.33. The molecule has 3 aromatic carbocycles. The van der Waals surface area contributed by atoms with Gasteiger partial charge in [0.15, 0.2) is 29.1 Å². The summed E-state index contributed by atoms with van der Waals surface area (Å²) in [5.74, 6) is 3.07. The molecule has 1 heterocycles. The minimum absolute atomic E-state index is 0.208. The molecule has 1 aliphatic heterocycles. The maximum atomic E-state index is 13.1. The second-order valence-electron chi connectivity index (χ2n) is 7.43. The van der Waals surface area contributed by atoms with Gasteiger partial charge in [0.25, 0.3) is 5.91 Å². The predicted octanol–water partition coefficient (Wildman–Crippen LogP) is 3.79. The average Bonchev–Trinajstić information content (AvgIpc) is 2.90. The number of hydrogen-bond acceptors (Lipinski definition) is 7. The monoisotopic (exact) mass is 465 g/mol. The van der Waals surface area contributed by atoms with Gasteiger partial charge in [-0.25, -0.2) is 0 Å². The Labute approximate surface area is 198 Å². The van der Waals surface area contributed by atoms with Crippen LogP contribution < -0.4 is 33.7 Å². The molecular formula is C26H27NO7. The molecule has 0 unspecified atom stereocenters. The molecule has 0 aliphatic carbocycles. The fourth-order valence-electron chi connectivity index (χ4n) is 3.66. The molecule has 0 aromatic heterocycles. The highest BCUT2D eigenvalue weighted by Crippen LogP contribution is 2.40. The summed E-state index contributed by atoms with van der Waals surface area (Å²) in [7, 11) is 4.71. The molecule has 0 fully saturated rings. The van der Waals surface area contributed by atoms with Gasteiger partial charge in [-0.15, -0.1) is 0 Å². The van der Waals surface area contributed by atoms with E-state index in [9.17, 15) is 4.79 Å². The maximum Gasteiger partial charge on any atom is 0.265 e. The third kappa shape index (κ3) is 4.96. The molecule has 8 nitrogen and oxygen atoms in total. The van der Waals surface area contributed by atoms with Gasteiger partial charge in [-0.3, -0.25) is 4.79 Å². The van der Waals surface area contributed by atoms with E-state index >= 15 is 0 Å². The van der Waals surface area contributed by atoms with Crippen molar-refractivity contribution in [1.82, 2.24) is 5.32 Å². The molecule has 3 aromatic rings. The molecule has 0 radical (unpaired) electrons. The molecule has 2 atom stereocenters. The van der Waals surface area contributed by atoms with Gasteiger partial charge in [-0.05, 0) is 42.0 Å². The Morgan fingerprint density at radius 2 is 1.47 bits per heavy atom. The van der Waals surface area contributed by atoms with Crippen molar-refractivity contribution in [3.05, 3.63) is 72.3 Å². The first-order valence-electron chi connectivity index (χ1n) is 10.8. The first-order valence-corrected chi connectivity index (χ1v) is 10.8. The third-order valence-electron chi connectivity index (χ3n) is 5.37. The molecule has 0 spiro atoms. The van der Waals surface area contributed by atoms with Crippen LogP contribution in [0.2, 0.25) is 0 Å². The van der Waals surface area contributed by atoms with Gasteiger partial charge in [0.2, 0.25) is 11.9 Å². The first-order chi connectivity index (χ1) is 16.6. The number of carbonyl (C=O) groups is 1. The van der Waals surface area contributed by atoms with Crippen LogP contribution >= 0.6 is 0 Å². The summed E-state index contributed by atoms with van der Waals surface area (Å²) in [6.07, 6.45) is -1.51. The fraction of sp³-hybridized carbons (Fsp3) is 0.269. The Morgan fingerprint density at radius 3 is 2.09 bits per heavy atom. The first kappa shape index (κ1) is 23.1. The van der Waals surface area contributed by atoms with E-state index in [2.05, 4.69) is 5.32 Å². The summed E-state index contributed by atoms with van der Waals surface area (Å²) >= 11 is 0. The van der Waals surface area contributed by atoms with Crippen LogP contribution in [0.25, 0.3) is 0 Å². The number of nitrogens with one attached hydrogen (secondary N) is 1. The summed E-state index contributed by atoms with van der Waals surface area (Å²) < 4.78 is 34.0. The van der Waals surface area contributed by atoms with Crippen molar-refractivity contribution >= 4 is 5.91 Å². The van der Waals surface area contributed by atoms with Gasteiger partial charge in [0, 0.05) is 0 Å². The lowest BCUT2D eigenvalue weighted by molar-refractivity contribution is -0.134. The number of hydrogen-bond donors (Lipinski definition) is 1. The topological polar surface area (TPSA) is 84.5 Å². The second-order valence-corrected chi connectivity index (χ2v) is 7.43. The molecule has 0 saturated heterocycles. The zero-order valence-corrected chi connectivity index (χ0v) is 19.3. The summed E-state index contributed by atoms with van der Waals surface area (Å²) in [6.45, 7) is 0.455. The van der Waals surface area contributed by atoms with Gasteiger partial charge >= 0.3 is 0 Å². The smallest absolute Gasteiger partial charge is 0.265 e. The number of fused-ring (bicyclic) bond motifs is 1. The van der Waals surface area contributed by atoms with Crippen molar-refractivity contribution in [1.29, 1.82) is 0 Å². The number of ether oxygens (including phenoxy) is 6. The highest BCUT2D eigenvalue weighted by Gasteiger charge is 2.38. The number of benzene rings is 3. The lowest BCUT2D eigenvalue weighted by Crippen LogP contribution is -2.46. The number of rotatable bonds is 9. The summed E-state index contributed by atoms with van der Waals surface area (Å²) in [5, 5.41) is 2.88. The predicted molar refractivity (Wildman–Crippen MR) is 125 cm³/mol. The van der Waals surface area contributed by atoms with Crippen LogP contribution in [0.4, 0.5) is 0 Å². The van der Waals surface area contributed by atoms with Crippen LogP contribution in [-0.2, 0) is 4.79 Å². The van der Waals surface area contributed by atoms with Crippen LogP contribution in [0, 0.1) is 0 Å². The molecule has 1 aliphatic rings. The summed E-state index contributed by atoms with van der Waals surface area (Å²) in [4.78, 5) is 13.1. The summed E-state index contributed by atoms with van der Waals surface area (Å²) in [6, 6.07) is 20.0. The fourth-order valence-corrected chi connectivity index (χ4v) is 3.66. The van der Waals surface area contributed by atoms with Crippen LogP contribution in [0.3, 0.4) is 0 Å².